The van der Waals surface area contributed by atoms with Crippen LogP contribution in [0.3, 0.4) is 0 Å². The van der Waals surface area contributed by atoms with Gasteiger partial charge in [-0.3, -0.25) is 4.90 Å². The van der Waals surface area contributed by atoms with E-state index in [2.05, 4.69) is 14.9 Å². The van der Waals surface area contributed by atoms with Crippen molar-refractivity contribution in [3.63, 3.8) is 0 Å². The Morgan fingerprint density at radius 1 is 1.07 bits per heavy atom. The second kappa shape index (κ2) is 7.90. The molecule has 0 atom stereocenters. The van der Waals surface area contributed by atoms with E-state index < -0.39 is 0 Å². The number of hydrogen-bond acceptors (Lipinski definition) is 7. The molecule has 7 nitrogen and oxygen atoms in total. The van der Waals surface area contributed by atoms with Crippen LogP contribution in [0.2, 0.25) is 0 Å². The van der Waals surface area contributed by atoms with E-state index >= 15 is 0 Å². The summed E-state index contributed by atoms with van der Waals surface area (Å²) in [6.07, 6.45) is 4.40. The Balaban J connectivity index is 1.54. The highest BCUT2D eigenvalue weighted by Crippen LogP contribution is 2.40. The summed E-state index contributed by atoms with van der Waals surface area (Å²) in [5.74, 6) is 3.31. The molecule has 146 valence electrons. The predicted octanol–water partition coefficient (Wildman–Crippen LogP) is 3.32. The Morgan fingerprint density at radius 2 is 1.93 bits per heavy atom. The highest BCUT2D eigenvalue weighted by atomic mass is 16.5. The van der Waals surface area contributed by atoms with Crippen LogP contribution in [0.25, 0.3) is 11.6 Å². The Labute approximate surface area is 163 Å². The van der Waals surface area contributed by atoms with Crippen molar-refractivity contribution in [2.75, 3.05) is 27.9 Å². The van der Waals surface area contributed by atoms with E-state index in [0.29, 0.717) is 28.8 Å². The van der Waals surface area contributed by atoms with Gasteiger partial charge in [0, 0.05) is 43.4 Å². The monoisotopic (exact) mass is 381 g/mol. The van der Waals surface area contributed by atoms with Crippen molar-refractivity contribution in [1.82, 2.24) is 14.9 Å². The smallest absolute Gasteiger partial charge is 0.203 e. The maximum Gasteiger partial charge on any atom is 0.203 e. The fourth-order valence-electron chi connectivity index (χ4n) is 3.56. The first-order valence-corrected chi connectivity index (χ1v) is 9.12. The molecule has 0 bridgehead atoms. The van der Waals surface area contributed by atoms with Crippen molar-refractivity contribution in [1.29, 1.82) is 0 Å². The second-order valence-electron chi connectivity index (χ2n) is 6.60. The molecule has 0 radical (unpaired) electrons. The molecular formula is C21H23N3O4. The molecule has 3 heterocycles. The molecule has 1 aliphatic heterocycles. The number of methoxy groups -OCH3 is 3. The molecule has 2 aromatic heterocycles. The largest absolute Gasteiger partial charge is 0.493 e. The lowest BCUT2D eigenvalue weighted by Crippen LogP contribution is -2.31. The first-order chi connectivity index (χ1) is 13.7. The fourth-order valence-corrected chi connectivity index (χ4v) is 3.56. The zero-order valence-electron chi connectivity index (χ0n) is 16.3. The highest BCUT2D eigenvalue weighted by Gasteiger charge is 2.22. The van der Waals surface area contributed by atoms with E-state index in [1.165, 1.54) is 0 Å². The third-order valence-corrected chi connectivity index (χ3v) is 4.93. The van der Waals surface area contributed by atoms with Crippen molar-refractivity contribution in [2.45, 2.75) is 19.5 Å². The fraction of sp³-hybridized carbons (Fsp3) is 0.333. The minimum atomic E-state index is 0.617. The molecular weight excluding hydrogens is 358 g/mol. The number of aromatic nitrogens is 2. The Hall–Kier alpha value is -3.06. The zero-order valence-corrected chi connectivity index (χ0v) is 16.3. The van der Waals surface area contributed by atoms with Gasteiger partial charge in [-0.25, -0.2) is 9.97 Å². The van der Waals surface area contributed by atoms with Crippen molar-refractivity contribution in [3.8, 4) is 28.8 Å². The Bertz CT molecular complexity index is 957. The summed E-state index contributed by atoms with van der Waals surface area (Å²) in [6.45, 7) is 2.42. The summed E-state index contributed by atoms with van der Waals surface area (Å²) >= 11 is 0. The predicted molar refractivity (Wildman–Crippen MR) is 104 cm³/mol. The second-order valence-corrected chi connectivity index (χ2v) is 6.60. The van der Waals surface area contributed by atoms with Crippen LogP contribution in [0.1, 0.15) is 16.8 Å². The summed E-state index contributed by atoms with van der Waals surface area (Å²) in [5.41, 5.74) is 3.27. The molecule has 28 heavy (non-hydrogen) atoms. The molecule has 0 saturated carbocycles. The van der Waals surface area contributed by atoms with Gasteiger partial charge >= 0.3 is 0 Å². The quantitative estimate of drug-likeness (QED) is 0.649. The van der Waals surface area contributed by atoms with Crippen LogP contribution in [0, 0.1) is 0 Å². The van der Waals surface area contributed by atoms with E-state index in [-0.39, 0.29) is 0 Å². The summed E-state index contributed by atoms with van der Waals surface area (Å²) in [7, 11) is 4.89. The minimum absolute atomic E-state index is 0.617. The molecule has 0 aliphatic carbocycles. The number of ether oxygens (including phenoxy) is 3. The van der Waals surface area contributed by atoms with Gasteiger partial charge in [0.25, 0.3) is 0 Å². The van der Waals surface area contributed by atoms with E-state index in [1.54, 1.807) is 27.6 Å². The molecule has 7 heteroatoms. The molecule has 0 amide bonds. The molecule has 0 saturated heterocycles. The lowest BCUT2D eigenvalue weighted by Gasteiger charge is -2.28. The van der Waals surface area contributed by atoms with Crippen LogP contribution in [-0.2, 0) is 19.5 Å². The lowest BCUT2D eigenvalue weighted by atomic mass is 10.1. The minimum Gasteiger partial charge on any atom is -0.493 e. The van der Waals surface area contributed by atoms with Gasteiger partial charge in [-0.1, -0.05) is 6.07 Å². The van der Waals surface area contributed by atoms with Crippen LogP contribution in [0.4, 0.5) is 0 Å². The SMILES string of the molecule is COc1ccc(CN2CCc3nc(-c4ccco4)ncc3C2)c(OC)c1OC. The van der Waals surface area contributed by atoms with Gasteiger partial charge in [0.05, 0.1) is 33.3 Å². The number of fused-ring (bicyclic) bond motifs is 1. The lowest BCUT2D eigenvalue weighted by molar-refractivity contribution is 0.237. The van der Waals surface area contributed by atoms with E-state index in [1.807, 2.05) is 30.5 Å². The van der Waals surface area contributed by atoms with E-state index in [4.69, 9.17) is 18.6 Å². The normalized spacial score (nSPS) is 13.8. The first kappa shape index (κ1) is 18.3. The van der Waals surface area contributed by atoms with E-state index in [9.17, 15) is 0 Å². The van der Waals surface area contributed by atoms with Gasteiger partial charge in [-0.15, -0.1) is 0 Å². The van der Waals surface area contributed by atoms with Crippen LogP contribution >= 0.6 is 0 Å². The maximum atomic E-state index is 5.61. The molecule has 4 rings (SSSR count). The summed E-state index contributed by atoms with van der Waals surface area (Å²) in [4.78, 5) is 11.5. The molecule has 0 spiro atoms. The molecule has 1 aromatic carbocycles. The summed E-state index contributed by atoms with van der Waals surface area (Å²) < 4.78 is 21.9. The van der Waals surface area contributed by atoms with Crippen molar-refractivity contribution in [2.24, 2.45) is 0 Å². The van der Waals surface area contributed by atoms with E-state index in [0.717, 1.165) is 42.9 Å². The van der Waals surface area contributed by atoms with Crippen LogP contribution in [0.15, 0.2) is 41.1 Å². The number of furan rings is 1. The third kappa shape index (κ3) is 3.41. The highest BCUT2D eigenvalue weighted by molar-refractivity contribution is 5.55. The number of hydrogen-bond donors (Lipinski definition) is 0. The first-order valence-electron chi connectivity index (χ1n) is 9.12. The summed E-state index contributed by atoms with van der Waals surface area (Å²) in [5, 5.41) is 0. The van der Waals surface area contributed by atoms with Gasteiger partial charge < -0.3 is 18.6 Å². The zero-order chi connectivity index (χ0) is 19.5. The summed E-state index contributed by atoms with van der Waals surface area (Å²) in [6, 6.07) is 7.65. The van der Waals surface area contributed by atoms with Gasteiger partial charge in [0.2, 0.25) is 5.75 Å². The molecule has 0 unspecified atom stereocenters. The van der Waals surface area contributed by atoms with Gasteiger partial charge in [0.1, 0.15) is 0 Å². The van der Waals surface area contributed by atoms with Crippen LogP contribution in [0.5, 0.6) is 17.2 Å². The number of rotatable bonds is 6. The maximum absolute atomic E-state index is 5.61. The van der Waals surface area contributed by atoms with Gasteiger partial charge in [-0.2, -0.15) is 0 Å². The van der Waals surface area contributed by atoms with Crippen LogP contribution in [-0.4, -0.2) is 42.7 Å². The average molecular weight is 381 g/mol. The number of benzene rings is 1. The molecule has 0 fully saturated rings. The topological polar surface area (TPSA) is 69.9 Å². The molecule has 0 N–H and O–H groups in total. The van der Waals surface area contributed by atoms with Gasteiger partial charge in [0.15, 0.2) is 23.1 Å². The Morgan fingerprint density at radius 3 is 2.64 bits per heavy atom. The Kier molecular flexibility index (Phi) is 5.16. The van der Waals surface area contributed by atoms with Crippen molar-refractivity contribution in [3.05, 3.63) is 53.5 Å². The van der Waals surface area contributed by atoms with Crippen LogP contribution < -0.4 is 14.2 Å². The standard InChI is InChI=1S/C21H23N3O4/c1-25-17-7-6-14(19(26-2)20(17)27-3)12-24-9-8-16-15(13-24)11-22-21(23-16)18-5-4-10-28-18/h4-7,10-11H,8-9,12-13H2,1-3H3. The van der Waals surface area contributed by atoms with Gasteiger partial charge in [-0.05, 0) is 18.2 Å². The average Bonchev–Trinajstić information content (AvgIpc) is 3.27. The van der Waals surface area contributed by atoms with Crippen molar-refractivity contribution >= 4 is 0 Å². The third-order valence-electron chi connectivity index (χ3n) is 4.93. The number of nitrogens with zero attached hydrogens (tertiary/aromatic N) is 3. The molecule has 3 aromatic rings. The van der Waals surface area contributed by atoms with Crippen molar-refractivity contribution < 1.29 is 18.6 Å². The molecule has 1 aliphatic rings.